The topological polar surface area (TPSA) is 12.5 Å². The molecule has 1 aliphatic rings. The molecule has 0 radical (unpaired) electrons. The highest BCUT2D eigenvalue weighted by molar-refractivity contribution is 4.95. The molecule has 1 unspecified atom stereocenters. The second-order valence-corrected chi connectivity index (χ2v) is 2.32. The third-order valence-electron chi connectivity index (χ3n) is 1.71. The van der Waals surface area contributed by atoms with Crippen LogP contribution in [-0.2, 0) is 4.74 Å². The van der Waals surface area contributed by atoms with Gasteiger partial charge >= 0.3 is 0 Å². The molecule has 0 amide bonds. The summed E-state index contributed by atoms with van der Waals surface area (Å²) in [5.74, 6) is 0. The van der Waals surface area contributed by atoms with E-state index in [2.05, 4.69) is 13.5 Å². The average Bonchev–Trinajstić information content (AvgIpc) is 2.50. The Labute approximate surface area is 50.3 Å². The lowest BCUT2D eigenvalue weighted by Crippen LogP contribution is -2.05. The van der Waals surface area contributed by atoms with Crippen molar-refractivity contribution < 1.29 is 4.74 Å². The Balaban J connectivity index is 2.29. The molecule has 1 fully saturated rings. The van der Waals surface area contributed by atoms with Gasteiger partial charge in [0.1, 0.15) is 0 Å². The van der Waals surface area contributed by atoms with Gasteiger partial charge in [0.15, 0.2) is 0 Å². The first-order chi connectivity index (χ1) is 3.83. The van der Waals surface area contributed by atoms with Crippen LogP contribution in [-0.4, -0.2) is 12.2 Å². The minimum Gasteiger partial charge on any atom is -0.369 e. The van der Waals surface area contributed by atoms with E-state index >= 15 is 0 Å². The lowest BCUT2D eigenvalue weighted by Gasteiger charge is -2.01. The maximum atomic E-state index is 5.21. The lowest BCUT2D eigenvalue weighted by molar-refractivity contribution is 0.298. The SMILES string of the molecule is C=CCC1(CC)CO1. The van der Waals surface area contributed by atoms with Gasteiger partial charge in [0, 0.05) is 0 Å². The van der Waals surface area contributed by atoms with E-state index in [1.807, 2.05) is 6.08 Å². The molecule has 1 atom stereocenters. The molecule has 46 valence electrons. The molecule has 0 spiro atoms. The van der Waals surface area contributed by atoms with E-state index in [-0.39, 0.29) is 5.60 Å². The first kappa shape index (κ1) is 5.83. The Morgan fingerprint density at radius 3 is 2.62 bits per heavy atom. The first-order valence-corrected chi connectivity index (χ1v) is 3.08. The van der Waals surface area contributed by atoms with E-state index in [1.54, 1.807) is 0 Å². The normalized spacial score (nSPS) is 34.6. The molecule has 8 heavy (non-hydrogen) atoms. The molecule has 1 aliphatic heterocycles. The monoisotopic (exact) mass is 112 g/mol. The highest BCUT2D eigenvalue weighted by Gasteiger charge is 2.40. The van der Waals surface area contributed by atoms with E-state index in [0.717, 1.165) is 19.4 Å². The Morgan fingerprint density at radius 2 is 2.50 bits per heavy atom. The van der Waals surface area contributed by atoms with Gasteiger partial charge < -0.3 is 4.74 Å². The Bertz CT molecular complexity index is 92.6. The van der Waals surface area contributed by atoms with E-state index < -0.39 is 0 Å². The van der Waals surface area contributed by atoms with Crippen molar-refractivity contribution in [1.29, 1.82) is 0 Å². The molecular formula is C7H12O. The number of rotatable bonds is 3. The van der Waals surface area contributed by atoms with Crippen molar-refractivity contribution in [2.24, 2.45) is 0 Å². The molecule has 0 aromatic rings. The average molecular weight is 112 g/mol. The van der Waals surface area contributed by atoms with Crippen LogP contribution in [0.3, 0.4) is 0 Å². The number of epoxide rings is 1. The fraction of sp³-hybridized carbons (Fsp3) is 0.714. The second-order valence-electron chi connectivity index (χ2n) is 2.32. The summed E-state index contributed by atoms with van der Waals surface area (Å²) >= 11 is 0. The predicted molar refractivity (Wildman–Crippen MR) is 33.8 cm³/mol. The van der Waals surface area contributed by atoms with Crippen LogP contribution in [0.15, 0.2) is 12.7 Å². The minimum absolute atomic E-state index is 0.224. The number of hydrogen-bond donors (Lipinski definition) is 0. The smallest absolute Gasteiger partial charge is 0.0948 e. The van der Waals surface area contributed by atoms with Crippen LogP contribution in [0.5, 0.6) is 0 Å². The predicted octanol–water partition coefficient (Wildman–Crippen LogP) is 1.74. The van der Waals surface area contributed by atoms with Gasteiger partial charge in [0.2, 0.25) is 0 Å². The van der Waals surface area contributed by atoms with E-state index in [4.69, 9.17) is 4.74 Å². The fourth-order valence-electron chi connectivity index (χ4n) is 0.831. The van der Waals surface area contributed by atoms with Crippen LogP contribution in [0.1, 0.15) is 19.8 Å². The summed E-state index contributed by atoms with van der Waals surface area (Å²) in [6, 6.07) is 0. The maximum absolute atomic E-state index is 5.21. The van der Waals surface area contributed by atoms with Gasteiger partial charge in [0.05, 0.1) is 12.2 Å². The van der Waals surface area contributed by atoms with Gasteiger partial charge in [0.25, 0.3) is 0 Å². The van der Waals surface area contributed by atoms with Gasteiger partial charge in [-0.1, -0.05) is 13.0 Å². The summed E-state index contributed by atoms with van der Waals surface area (Å²) in [7, 11) is 0. The lowest BCUT2D eigenvalue weighted by atomic mass is 10.0. The zero-order valence-electron chi connectivity index (χ0n) is 5.31. The Morgan fingerprint density at radius 1 is 1.88 bits per heavy atom. The first-order valence-electron chi connectivity index (χ1n) is 3.08. The van der Waals surface area contributed by atoms with Crippen molar-refractivity contribution in [3.05, 3.63) is 12.7 Å². The molecule has 0 N–H and O–H groups in total. The molecule has 1 saturated heterocycles. The molecule has 0 bridgehead atoms. The summed E-state index contributed by atoms with van der Waals surface area (Å²) in [4.78, 5) is 0. The maximum Gasteiger partial charge on any atom is 0.0948 e. The Hall–Kier alpha value is -0.300. The number of hydrogen-bond acceptors (Lipinski definition) is 1. The third kappa shape index (κ3) is 0.920. The highest BCUT2D eigenvalue weighted by atomic mass is 16.6. The van der Waals surface area contributed by atoms with Gasteiger partial charge in [-0.2, -0.15) is 0 Å². The van der Waals surface area contributed by atoms with E-state index in [1.165, 1.54) is 0 Å². The fourth-order valence-corrected chi connectivity index (χ4v) is 0.831. The van der Waals surface area contributed by atoms with E-state index in [9.17, 15) is 0 Å². The summed E-state index contributed by atoms with van der Waals surface area (Å²) < 4.78 is 5.21. The molecule has 0 aromatic heterocycles. The zero-order chi connectivity index (χ0) is 6.04. The van der Waals surface area contributed by atoms with Gasteiger partial charge in [-0.05, 0) is 12.8 Å². The van der Waals surface area contributed by atoms with Crippen molar-refractivity contribution >= 4 is 0 Å². The van der Waals surface area contributed by atoms with Crippen molar-refractivity contribution in [3.8, 4) is 0 Å². The van der Waals surface area contributed by atoms with Gasteiger partial charge in [-0.15, -0.1) is 6.58 Å². The van der Waals surface area contributed by atoms with Gasteiger partial charge in [-0.25, -0.2) is 0 Å². The summed E-state index contributed by atoms with van der Waals surface area (Å²) in [5, 5.41) is 0. The van der Waals surface area contributed by atoms with E-state index in [0.29, 0.717) is 0 Å². The van der Waals surface area contributed by atoms with Crippen molar-refractivity contribution in [2.45, 2.75) is 25.4 Å². The molecule has 1 heterocycles. The molecule has 0 aromatic carbocycles. The number of ether oxygens (including phenoxy) is 1. The summed E-state index contributed by atoms with van der Waals surface area (Å²) in [6.45, 7) is 6.74. The molecule has 0 aliphatic carbocycles. The zero-order valence-corrected chi connectivity index (χ0v) is 5.31. The molecular weight excluding hydrogens is 100 g/mol. The van der Waals surface area contributed by atoms with Crippen LogP contribution in [0.25, 0.3) is 0 Å². The molecule has 1 heteroatoms. The van der Waals surface area contributed by atoms with Gasteiger partial charge in [-0.3, -0.25) is 0 Å². The Kier molecular flexibility index (Phi) is 1.39. The standard InChI is InChI=1S/C7H12O/c1-3-5-7(4-2)6-8-7/h3H,1,4-6H2,2H3. The second kappa shape index (κ2) is 1.90. The minimum atomic E-state index is 0.224. The van der Waals surface area contributed by atoms with Crippen LogP contribution < -0.4 is 0 Å². The van der Waals surface area contributed by atoms with Crippen LogP contribution in [0, 0.1) is 0 Å². The quantitative estimate of drug-likeness (QED) is 0.400. The molecule has 0 saturated carbocycles. The highest BCUT2D eigenvalue weighted by Crippen LogP contribution is 2.34. The third-order valence-corrected chi connectivity index (χ3v) is 1.71. The van der Waals surface area contributed by atoms with Crippen molar-refractivity contribution in [2.75, 3.05) is 6.61 Å². The molecule has 1 rings (SSSR count). The molecule has 1 nitrogen and oxygen atoms in total. The van der Waals surface area contributed by atoms with Crippen LogP contribution >= 0.6 is 0 Å². The summed E-state index contributed by atoms with van der Waals surface area (Å²) in [6.07, 6.45) is 4.07. The van der Waals surface area contributed by atoms with Crippen molar-refractivity contribution in [3.63, 3.8) is 0 Å². The van der Waals surface area contributed by atoms with Crippen LogP contribution in [0.2, 0.25) is 0 Å². The largest absolute Gasteiger partial charge is 0.369 e. The van der Waals surface area contributed by atoms with Crippen LogP contribution in [0.4, 0.5) is 0 Å². The van der Waals surface area contributed by atoms with Crippen molar-refractivity contribution in [1.82, 2.24) is 0 Å². The summed E-state index contributed by atoms with van der Waals surface area (Å²) in [5.41, 5.74) is 0.224.